The normalized spacial score (nSPS) is 14.2. The lowest BCUT2D eigenvalue weighted by atomic mass is 9.93. The van der Waals surface area contributed by atoms with Gasteiger partial charge in [-0.2, -0.15) is 10.2 Å². The Bertz CT molecular complexity index is 1140. The average Bonchev–Trinajstić information content (AvgIpc) is 3.38. The number of hydrogen-bond donors (Lipinski definition) is 2. The number of nitrogens with zero attached hydrogens (tertiary/aromatic N) is 6. The first-order chi connectivity index (χ1) is 13.7. The van der Waals surface area contributed by atoms with Gasteiger partial charge in [0.05, 0.1) is 36.8 Å². The maximum absolute atomic E-state index is 12.8. The molecule has 10 heteroatoms. The van der Waals surface area contributed by atoms with Crippen LogP contribution >= 0.6 is 0 Å². The Balaban J connectivity index is 1.44. The van der Waals surface area contributed by atoms with Crippen molar-refractivity contribution in [3.8, 4) is 17.1 Å². The molecule has 0 unspecified atom stereocenters. The van der Waals surface area contributed by atoms with Crippen molar-refractivity contribution in [1.29, 1.82) is 0 Å². The molecule has 1 amide bonds. The number of carbonyl (C=O) groups is 1. The van der Waals surface area contributed by atoms with Crippen LogP contribution in [0.2, 0.25) is 0 Å². The van der Waals surface area contributed by atoms with E-state index in [0.29, 0.717) is 23.3 Å². The maximum Gasteiger partial charge on any atom is 0.274 e. The van der Waals surface area contributed by atoms with Gasteiger partial charge in [-0.1, -0.05) is 0 Å². The van der Waals surface area contributed by atoms with Gasteiger partial charge in [0.1, 0.15) is 11.4 Å². The zero-order chi connectivity index (χ0) is 19.1. The largest absolute Gasteiger partial charge is 0.478 e. The topological polar surface area (TPSA) is 115 Å². The second kappa shape index (κ2) is 6.48. The molecule has 1 fully saturated rings. The standard InChI is InChI=1S/C18H18N8O2/c1-28-18-15(10-26(24-18)11-3-2-4-11)22-17(27)14-6-8-25-16(21-14)12(9-20-25)13-5-7-19-23-13/h5-11H,2-4H2,1H3,(H,19,23)(H,22,27). The van der Waals surface area contributed by atoms with E-state index >= 15 is 0 Å². The zero-order valence-corrected chi connectivity index (χ0v) is 15.2. The molecule has 4 heterocycles. The fourth-order valence-electron chi connectivity index (χ4n) is 3.23. The summed E-state index contributed by atoms with van der Waals surface area (Å²) >= 11 is 0. The van der Waals surface area contributed by atoms with Crippen LogP contribution < -0.4 is 10.1 Å². The number of ether oxygens (including phenoxy) is 1. The number of carbonyl (C=O) groups excluding carboxylic acids is 1. The minimum absolute atomic E-state index is 0.271. The van der Waals surface area contributed by atoms with Gasteiger partial charge in [0.15, 0.2) is 5.65 Å². The third-order valence-electron chi connectivity index (χ3n) is 4.98. The van der Waals surface area contributed by atoms with E-state index in [1.54, 1.807) is 29.2 Å². The molecule has 4 aromatic heterocycles. The van der Waals surface area contributed by atoms with Crippen LogP contribution in [0.1, 0.15) is 35.8 Å². The number of methoxy groups -OCH3 is 1. The fourth-order valence-corrected chi connectivity index (χ4v) is 3.23. The molecule has 1 saturated carbocycles. The van der Waals surface area contributed by atoms with E-state index in [1.165, 1.54) is 13.5 Å². The number of amides is 1. The van der Waals surface area contributed by atoms with Gasteiger partial charge in [-0.25, -0.2) is 9.50 Å². The summed E-state index contributed by atoms with van der Waals surface area (Å²) in [7, 11) is 1.54. The fraction of sp³-hybridized carbons (Fsp3) is 0.278. The number of aromatic nitrogens is 7. The third-order valence-corrected chi connectivity index (χ3v) is 4.98. The molecule has 0 aromatic carbocycles. The second-order valence-electron chi connectivity index (χ2n) is 6.68. The molecule has 1 aliphatic rings. The van der Waals surface area contributed by atoms with E-state index in [-0.39, 0.29) is 11.6 Å². The summed E-state index contributed by atoms with van der Waals surface area (Å²) in [4.78, 5) is 17.3. The monoisotopic (exact) mass is 378 g/mol. The van der Waals surface area contributed by atoms with Crippen LogP contribution in [0.25, 0.3) is 16.9 Å². The van der Waals surface area contributed by atoms with E-state index in [9.17, 15) is 4.79 Å². The molecule has 0 bridgehead atoms. The number of rotatable bonds is 5. The van der Waals surface area contributed by atoms with Gasteiger partial charge in [-0.3, -0.25) is 14.6 Å². The van der Waals surface area contributed by atoms with Crippen LogP contribution in [0.5, 0.6) is 5.88 Å². The Kier molecular flexibility index (Phi) is 3.81. The molecule has 5 rings (SSSR count). The first-order valence-corrected chi connectivity index (χ1v) is 9.01. The highest BCUT2D eigenvalue weighted by Gasteiger charge is 2.23. The van der Waals surface area contributed by atoms with Crippen molar-refractivity contribution in [3.05, 3.63) is 42.6 Å². The van der Waals surface area contributed by atoms with Crippen molar-refractivity contribution in [2.45, 2.75) is 25.3 Å². The number of hydrogen-bond acceptors (Lipinski definition) is 6. The summed E-state index contributed by atoms with van der Waals surface area (Å²) < 4.78 is 8.79. The lowest BCUT2D eigenvalue weighted by molar-refractivity contribution is 0.102. The Morgan fingerprint density at radius 3 is 2.96 bits per heavy atom. The van der Waals surface area contributed by atoms with Gasteiger partial charge in [0.2, 0.25) is 0 Å². The molecule has 0 radical (unpaired) electrons. The summed E-state index contributed by atoms with van der Waals surface area (Å²) in [5.41, 5.74) is 2.91. The van der Waals surface area contributed by atoms with Gasteiger partial charge in [-0.05, 0) is 31.4 Å². The van der Waals surface area contributed by atoms with E-state index < -0.39 is 0 Å². The molecule has 1 aliphatic carbocycles. The molecule has 2 N–H and O–H groups in total. The van der Waals surface area contributed by atoms with Crippen LogP contribution in [0.3, 0.4) is 0 Å². The Morgan fingerprint density at radius 2 is 2.25 bits per heavy atom. The molecule has 0 atom stereocenters. The summed E-state index contributed by atoms with van der Waals surface area (Å²) in [5, 5.41) is 18.4. The second-order valence-corrected chi connectivity index (χ2v) is 6.68. The molecule has 4 aromatic rings. The number of fused-ring (bicyclic) bond motifs is 1. The first-order valence-electron chi connectivity index (χ1n) is 9.01. The van der Waals surface area contributed by atoms with Crippen molar-refractivity contribution in [3.63, 3.8) is 0 Å². The van der Waals surface area contributed by atoms with Crippen LogP contribution in [0.15, 0.2) is 36.9 Å². The van der Waals surface area contributed by atoms with Crippen molar-refractivity contribution in [2.24, 2.45) is 0 Å². The van der Waals surface area contributed by atoms with E-state index in [0.717, 1.165) is 24.1 Å². The summed E-state index contributed by atoms with van der Waals surface area (Å²) in [6.07, 6.45) is 10.2. The quantitative estimate of drug-likeness (QED) is 0.551. The van der Waals surface area contributed by atoms with Crippen molar-refractivity contribution < 1.29 is 9.53 Å². The molecular formula is C18H18N8O2. The summed E-state index contributed by atoms with van der Waals surface area (Å²) in [5.74, 6) is 0.0505. The Hall–Kier alpha value is -3.69. The minimum Gasteiger partial charge on any atom is -0.478 e. The van der Waals surface area contributed by atoms with Crippen LogP contribution in [-0.2, 0) is 0 Å². The molecule has 10 nitrogen and oxygen atoms in total. The predicted octanol–water partition coefficient (Wildman–Crippen LogP) is 2.30. The number of H-pyrrole nitrogens is 1. The van der Waals surface area contributed by atoms with Gasteiger partial charge in [-0.15, -0.1) is 5.10 Å². The average molecular weight is 378 g/mol. The first kappa shape index (κ1) is 16.5. The van der Waals surface area contributed by atoms with Crippen molar-refractivity contribution in [2.75, 3.05) is 12.4 Å². The highest BCUT2D eigenvalue weighted by Crippen LogP contribution is 2.34. The van der Waals surface area contributed by atoms with Gasteiger partial charge in [0, 0.05) is 12.4 Å². The number of anilines is 1. The highest BCUT2D eigenvalue weighted by atomic mass is 16.5. The molecule has 28 heavy (non-hydrogen) atoms. The SMILES string of the molecule is COc1nn(C2CCC2)cc1NC(=O)c1ccn2ncc(-c3ccn[nH]3)c2n1. The summed E-state index contributed by atoms with van der Waals surface area (Å²) in [6.45, 7) is 0. The highest BCUT2D eigenvalue weighted by molar-refractivity contribution is 6.03. The molecule has 0 spiro atoms. The van der Waals surface area contributed by atoms with Crippen molar-refractivity contribution in [1.82, 2.24) is 34.6 Å². The molecule has 0 aliphatic heterocycles. The number of aromatic amines is 1. The molecule has 142 valence electrons. The number of nitrogens with one attached hydrogen (secondary N) is 2. The molecular weight excluding hydrogens is 360 g/mol. The smallest absolute Gasteiger partial charge is 0.274 e. The van der Waals surface area contributed by atoms with E-state index in [2.05, 4.69) is 30.7 Å². The van der Waals surface area contributed by atoms with Crippen LogP contribution in [0, 0.1) is 0 Å². The maximum atomic E-state index is 12.8. The van der Waals surface area contributed by atoms with E-state index in [4.69, 9.17) is 4.74 Å². The Labute approximate surface area is 159 Å². The minimum atomic E-state index is -0.342. The van der Waals surface area contributed by atoms with Crippen LogP contribution in [-0.4, -0.2) is 47.6 Å². The van der Waals surface area contributed by atoms with E-state index in [1.807, 2.05) is 16.9 Å². The lowest BCUT2D eigenvalue weighted by Crippen LogP contribution is -2.17. The Morgan fingerprint density at radius 1 is 1.36 bits per heavy atom. The predicted molar refractivity (Wildman–Crippen MR) is 100 cm³/mol. The molecule has 0 saturated heterocycles. The van der Waals surface area contributed by atoms with Gasteiger partial charge < -0.3 is 10.1 Å². The zero-order valence-electron chi connectivity index (χ0n) is 15.2. The van der Waals surface area contributed by atoms with Gasteiger partial charge >= 0.3 is 0 Å². The third kappa shape index (κ3) is 2.70. The van der Waals surface area contributed by atoms with Gasteiger partial charge in [0.25, 0.3) is 11.8 Å². The van der Waals surface area contributed by atoms with Crippen molar-refractivity contribution >= 4 is 17.2 Å². The van der Waals surface area contributed by atoms with Crippen LogP contribution in [0.4, 0.5) is 5.69 Å². The summed E-state index contributed by atoms with van der Waals surface area (Å²) in [6, 6.07) is 3.82. The lowest BCUT2D eigenvalue weighted by Gasteiger charge is -2.25.